The number of aryl methyl sites for hydroxylation is 1. The first-order valence-corrected chi connectivity index (χ1v) is 8.72. The first-order chi connectivity index (χ1) is 12.4. The Kier molecular flexibility index (Phi) is 5.52. The van der Waals surface area contributed by atoms with Gasteiger partial charge in [0, 0.05) is 43.6 Å². The summed E-state index contributed by atoms with van der Waals surface area (Å²) in [6.45, 7) is 7.64. The third-order valence-electron chi connectivity index (χ3n) is 4.80. The second-order valence-electron chi connectivity index (χ2n) is 6.69. The lowest BCUT2D eigenvalue weighted by Crippen LogP contribution is -2.48. The van der Waals surface area contributed by atoms with Crippen LogP contribution in [0.4, 0.5) is 20.2 Å². The molecule has 0 radical (unpaired) electrons. The van der Waals surface area contributed by atoms with Gasteiger partial charge in [-0.2, -0.15) is 0 Å². The van der Waals surface area contributed by atoms with Gasteiger partial charge >= 0.3 is 0 Å². The van der Waals surface area contributed by atoms with Crippen molar-refractivity contribution in [2.24, 2.45) is 0 Å². The van der Waals surface area contributed by atoms with Crippen LogP contribution in [0.15, 0.2) is 36.4 Å². The zero-order valence-corrected chi connectivity index (χ0v) is 15.1. The molecule has 1 heterocycles. The van der Waals surface area contributed by atoms with E-state index < -0.39 is 11.6 Å². The third kappa shape index (κ3) is 4.38. The molecule has 2 aromatic carbocycles. The van der Waals surface area contributed by atoms with Crippen LogP contribution in [0.3, 0.4) is 0 Å². The molecule has 4 nitrogen and oxygen atoms in total. The van der Waals surface area contributed by atoms with Crippen molar-refractivity contribution in [3.8, 4) is 0 Å². The van der Waals surface area contributed by atoms with Gasteiger partial charge in [0.05, 0.1) is 6.54 Å². The SMILES string of the molecule is Cc1cccc(N2CCN(CC(=O)Nc3cc(F)cc(F)c3)CC2)c1C. The molecule has 1 fully saturated rings. The van der Waals surface area contributed by atoms with Crippen LogP contribution in [0, 0.1) is 25.5 Å². The molecule has 0 aliphatic carbocycles. The number of carbonyl (C=O) groups excluding carboxylic acids is 1. The molecule has 1 aliphatic heterocycles. The van der Waals surface area contributed by atoms with E-state index in [0.29, 0.717) is 0 Å². The monoisotopic (exact) mass is 359 g/mol. The lowest BCUT2D eigenvalue weighted by atomic mass is 10.1. The number of carbonyl (C=O) groups is 1. The van der Waals surface area contributed by atoms with Gasteiger partial charge in [-0.05, 0) is 43.2 Å². The van der Waals surface area contributed by atoms with E-state index >= 15 is 0 Å². The van der Waals surface area contributed by atoms with Crippen molar-refractivity contribution < 1.29 is 13.6 Å². The Labute approximate surface area is 152 Å². The summed E-state index contributed by atoms with van der Waals surface area (Å²) < 4.78 is 26.4. The van der Waals surface area contributed by atoms with E-state index in [1.54, 1.807) is 0 Å². The summed E-state index contributed by atoms with van der Waals surface area (Å²) >= 11 is 0. The molecule has 1 aliphatic rings. The maximum atomic E-state index is 13.2. The number of piperazine rings is 1. The van der Waals surface area contributed by atoms with Crippen LogP contribution in [-0.2, 0) is 4.79 Å². The number of benzene rings is 2. The highest BCUT2D eigenvalue weighted by Crippen LogP contribution is 2.23. The summed E-state index contributed by atoms with van der Waals surface area (Å²) in [4.78, 5) is 16.5. The second kappa shape index (κ2) is 7.83. The predicted molar refractivity (Wildman–Crippen MR) is 99.6 cm³/mol. The molecule has 6 heteroatoms. The van der Waals surface area contributed by atoms with Crippen molar-refractivity contribution in [3.63, 3.8) is 0 Å². The number of hydrogen-bond acceptors (Lipinski definition) is 3. The van der Waals surface area contributed by atoms with Crippen molar-refractivity contribution >= 4 is 17.3 Å². The Hall–Kier alpha value is -2.47. The van der Waals surface area contributed by atoms with Crippen LogP contribution < -0.4 is 10.2 Å². The summed E-state index contributed by atoms with van der Waals surface area (Å²) in [7, 11) is 0. The molecule has 2 aromatic rings. The second-order valence-corrected chi connectivity index (χ2v) is 6.69. The van der Waals surface area contributed by atoms with Crippen LogP contribution in [-0.4, -0.2) is 43.5 Å². The summed E-state index contributed by atoms with van der Waals surface area (Å²) in [5.41, 5.74) is 3.93. The van der Waals surface area contributed by atoms with E-state index in [2.05, 4.69) is 42.3 Å². The molecule has 0 atom stereocenters. The van der Waals surface area contributed by atoms with Crippen LogP contribution in [0.1, 0.15) is 11.1 Å². The van der Waals surface area contributed by atoms with E-state index in [1.165, 1.54) is 16.8 Å². The Bertz CT molecular complexity index is 781. The van der Waals surface area contributed by atoms with Gasteiger partial charge in [-0.3, -0.25) is 9.69 Å². The average Bonchev–Trinajstić information content (AvgIpc) is 2.57. The number of rotatable bonds is 4. The van der Waals surface area contributed by atoms with Gasteiger partial charge in [-0.25, -0.2) is 8.78 Å². The van der Waals surface area contributed by atoms with Crippen molar-refractivity contribution in [2.45, 2.75) is 13.8 Å². The Morgan fingerprint density at radius 2 is 1.69 bits per heavy atom. The molecule has 3 rings (SSSR count). The maximum Gasteiger partial charge on any atom is 0.238 e. The Balaban J connectivity index is 1.53. The highest BCUT2D eigenvalue weighted by molar-refractivity contribution is 5.92. The Morgan fingerprint density at radius 1 is 1.04 bits per heavy atom. The number of amides is 1. The molecule has 1 saturated heterocycles. The molecule has 0 aromatic heterocycles. The zero-order valence-electron chi connectivity index (χ0n) is 15.1. The standard InChI is InChI=1S/C20H23F2N3O/c1-14-4-3-5-19(15(14)2)25-8-6-24(7-9-25)13-20(26)23-18-11-16(21)10-17(22)12-18/h3-5,10-12H,6-9,13H2,1-2H3,(H,23,26). The van der Waals surface area contributed by atoms with Gasteiger partial charge in [-0.1, -0.05) is 12.1 Å². The molecular weight excluding hydrogens is 336 g/mol. The summed E-state index contributed by atoms with van der Waals surface area (Å²) in [5.74, 6) is -1.68. The van der Waals surface area contributed by atoms with Gasteiger partial charge in [0.2, 0.25) is 5.91 Å². The van der Waals surface area contributed by atoms with Crippen LogP contribution in [0.25, 0.3) is 0 Å². The molecule has 0 unspecified atom stereocenters. The lowest BCUT2D eigenvalue weighted by Gasteiger charge is -2.36. The fourth-order valence-corrected chi connectivity index (χ4v) is 3.25. The highest BCUT2D eigenvalue weighted by Gasteiger charge is 2.20. The largest absolute Gasteiger partial charge is 0.369 e. The predicted octanol–water partition coefficient (Wildman–Crippen LogP) is 3.34. The van der Waals surface area contributed by atoms with Crippen molar-refractivity contribution in [1.82, 2.24) is 4.90 Å². The van der Waals surface area contributed by atoms with E-state index in [-0.39, 0.29) is 18.1 Å². The molecule has 0 bridgehead atoms. The third-order valence-corrected chi connectivity index (χ3v) is 4.80. The number of nitrogens with zero attached hydrogens (tertiary/aromatic N) is 2. The van der Waals surface area contributed by atoms with Gasteiger partial charge in [-0.15, -0.1) is 0 Å². The lowest BCUT2D eigenvalue weighted by molar-refractivity contribution is -0.117. The molecule has 1 amide bonds. The van der Waals surface area contributed by atoms with Crippen LogP contribution >= 0.6 is 0 Å². The normalized spacial score (nSPS) is 15.2. The van der Waals surface area contributed by atoms with E-state index in [1.807, 2.05) is 4.90 Å². The van der Waals surface area contributed by atoms with Gasteiger partial charge < -0.3 is 10.2 Å². The van der Waals surface area contributed by atoms with Gasteiger partial charge in [0.25, 0.3) is 0 Å². The van der Waals surface area contributed by atoms with Crippen LogP contribution in [0.2, 0.25) is 0 Å². The minimum absolute atomic E-state index is 0.140. The molecule has 26 heavy (non-hydrogen) atoms. The number of nitrogens with one attached hydrogen (secondary N) is 1. The van der Waals surface area contributed by atoms with Crippen molar-refractivity contribution in [3.05, 3.63) is 59.2 Å². The van der Waals surface area contributed by atoms with Crippen LogP contribution in [0.5, 0.6) is 0 Å². The minimum Gasteiger partial charge on any atom is -0.369 e. The first kappa shape index (κ1) is 18.3. The van der Waals surface area contributed by atoms with Gasteiger partial charge in [0.1, 0.15) is 11.6 Å². The fraction of sp³-hybridized carbons (Fsp3) is 0.350. The topological polar surface area (TPSA) is 35.6 Å². The minimum atomic E-state index is -0.706. The first-order valence-electron chi connectivity index (χ1n) is 8.72. The molecular formula is C20H23F2N3O. The molecule has 138 valence electrons. The Morgan fingerprint density at radius 3 is 2.35 bits per heavy atom. The highest BCUT2D eigenvalue weighted by atomic mass is 19.1. The average molecular weight is 359 g/mol. The summed E-state index contributed by atoms with van der Waals surface area (Å²) in [6.07, 6.45) is 0. The zero-order chi connectivity index (χ0) is 18.7. The number of halogens is 2. The quantitative estimate of drug-likeness (QED) is 0.909. The van der Waals surface area contributed by atoms with E-state index in [9.17, 15) is 13.6 Å². The summed E-state index contributed by atoms with van der Waals surface area (Å²) in [5, 5.41) is 2.56. The molecule has 0 spiro atoms. The molecule has 1 N–H and O–H groups in total. The summed E-state index contributed by atoms with van der Waals surface area (Å²) in [6, 6.07) is 9.30. The van der Waals surface area contributed by atoms with E-state index in [0.717, 1.165) is 44.4 Å². The van der Waals surface area contributed by atoms with E-state index in [4.69, 9.17) is 0 Å². The smallest absolute Gasteiger partial charge is 0.238 e. The molecule has 0 saturated carbocycles. The number of hydrogen-bond donors (Lipinski definition) is 1. The van der Waals surface area contributed by atoms with Gasteiger partial charge in [0.15, 0.2) is 0 Å². The number of anilines is 2. The van der Waals surface area contributed by atoms with Crippen molar-refractivity contribution in [2.75, 3.05) is 42.9 Å². The fourth-order valence-electron chi connectivity index (χ4n) is 3.25. The maximum absolute atomic E-state index is 13.2. The van der Waals surface area contributed by atoms with Crippen molar-refractivity contribution in [1.29, 1.82) is 0 Å².